The molecule has 2 unspecified atom stereocenters. The maximum atomic E-state index is 5.74. The molecule has 1 aliphatic carbocycles. The second-order valence-corrected chi connectivity index (χ2v) is 4.80. The molecule has 2 atom stereocenters. The zero-order valence-corrected chi connectivity index (χ0v) is 9.30. The van der Waals surface area contributed by atoms with Crippen LogP contribution in [-0.4, -0.2) is 24.8 Å². The minimum atomic E-state index is 0.534. The van der Waals surface area contributed by atoms with Crippen molar-refractivity contribution < 1.29 is 4.74 Å². The van der Waals surface area contributed by atoms with Gasteiger partial charge in [-0.05, 0) is 32.1 Å². The molecule has 2 rings (SSSR count). The minimum Gasteiger partial charge on any atom is -0.378 e. The van der Waals surface area contributed by atoms with E-state index in [1.54, 1.807) is 0 Å². The highest BCUT2D eigenvalue weighted by molar-refractivity contribution is 4.84. The van der Waals surface area contributed by atoms with Gasteiger partial charge in [0.15, 0.2) is 0 Å². The molecule has 0 aromatic rings. The molecule has 2 aliphatic rings. The molecule has 1 heterocycles. The maximum Gasteiger partial charge on any atom is 0.0589 e. The number of nitrogens with one attached hydrogen (secondary N) is 1. The molecular weight excluding hydrogens is 174 g/mol. The summed E-state index contributed by atoms with van der Waals surface area (Å²) in [6.45, 7) is 3.21. The van der Waals surface area contributed by atoms with E-state index in [4.69, 9.17) is 4.74 Å². The molecule has 2 heteroatoms. The lowest BCUT2D eigenvalue weighted by Crippen LogP contribution is -2.46. The van der Waals surface area contributed by atoms with Crippen LogP contribution >= 0.6 is 0 Å². The number of hydrogen-bond donors (Lipinski definition) is 1. The fraction of sp³-hybridized carbons (Fsp3) is 1.00. The Morgan fingerprint density at radius 3 is 2.71 bits per heavy atom. The maximum absolute atomic E-state index is 5.74. The van der Waals surface area contributed by atoms with E-state index in [9.17, 15) is 0 Å². The molecule has 2 nitrogen and oxygen atoms in total. The zero-order valence-electron chi connectivity index (χ0n) is 9.30. The standard InChI is InChI=1S/C12H23NO/c1-2-4-12-9-11(7-8-14-12)13-10-5-3-6-10/h10-13H,2-9H2,1H3. The van der Waals surface area contributed by atoms with Gasteiger partial charge < -0.3 is 10.1 Å². The highest BCUT2D eigenvalue weighted by Crippen LogP contribution is 2.23. The molecule has 1 saturated heterocycles. The van der Waals surface area contributed by atoms with Crippen LogP contribution in [0, 0.1) is 0 Å². The Labute approximate surface area is 87.4 Å². The minimum absolute atomic E-state index is 0.534. The van der Waals surface area contributed by atoms with Crippen molar-refractivity contribution in [1.29, 1.82) is 0 Å². The van der Waals surface area contributed by atoms with Crippen LogP contribution in [0.15, 0.2) is 0 Å². The number of hydrogen-bond acceptors (Lipinski definition) is 2. The summed E-state index contributed by atoms with van der Waals surface area (Å²) in [5.74, 6) is 0. The molecule has 2 fully saturated rings. The molecule has 14 heavy (non-hydrogen) atoms. The van der Waals surface area contributed by atoms with Crippen LogP contribution in [0.5, 0.6) is 0 Å². The van der Waals surface area contributed by atoms with Gasteiger partial charge in [0.25, 0.3) is 0 Å². The van der Waals surface area contributed by atoms with Crippen molar-refractivity contribution in [1.82, 2.24) is 5.32 Å². The highest BCUT2D eigenvalue weighted by Gasteiger charge is 2.26. The van der Waals surface area contributed by atoms with E-state index in [0.717, 1.165) is 18.7 Å². The van der Waals surface area contributed by atoms with E-state index in [2.05, 4.69) is 12.2 Å². The van der Waals surface area contributed by atoms with Crippen molar-refractivity contribution in [3.8, 4) is 0 Å². The van der Waals surface area contributed by atoms with Crippen LogP contribution in [0.2, 0.25) is 0 Å². The van der Waals surface area contributed by atoms with Gasteiger partial charge in [-0.1, -0.05) is 19.8 Å². The summed E-state index contributed by atoms with van der Waals surface area (Å²) in [7, 11) is 0. The first-order valence-corrected chi connectivity index (χ1v) is 6.26. The van der Waals surface area contributed by atoms with Gasteiger partial charge in [-0.2, -0.15) is 0 Å². The predicted octanol–water partition coefficient (Wildman–Crippen LogP) is 2.48. The van der Waals surface area contributed by atoms with Crippen molar-refractivity contribution in [2.45, 2.75) is 70.1 Å². The van der Waals surface area contributed by atoms with Crippen LogP contribution < -0.4 is 5.32 Å². The van der Waals surface area contributed by atoms with Crippen molar-refractivity contribution in [2.24, 2.45) is 0 Å². The molecule has 1 aliphatic heterocycles. The molecule has 0 radical (unpaired) electrons. The third kappa shape index (κ3) is 2.71. The zero-order chi connectivity index (χ0) is 9.80. The van der Waals surface area contributed by atoms with E-state index in [0.29, 0.717) is 6.10 Å². The third-order valence-corrected chi connectivity index (χ3v) is 3.55. The van der Waals surface area contributed by atoms with E-state index >= 15 is 0 Å². The first kappa shape index (κ1) is 10.4. The predicted molar refractivity (Wildman–Crippen MR) is 58.4 cm³/mol. The van der Waals surface area contributed by atoms with Crippen LogP contribution in [0.3, 0.4) is 0 Å². The lowest BCUT2D eigenvalue weighted by Gasteiger charge is -2.36. The average Bonchev–Trinajstić information content (AvgIpc) is 2.13. The molecule has 0 aromatic carbocycles. The quantitative estimate of drug-likeness (QED) is 0.747. The van der Waals surface area contributed by atoms with Gasteiger partial charge in [0.1, 0.15) is 0 Å². The SMILES string of the molecule is CCCC1CC(NC2CCC2)CCO1. The largest absolute Gasteiger partial charge is 0.378 e. The topological polar surface area (TPSA) is 21.3 Å². The summed E-state index contributed by atoms with van der Waals surface area (Å²) in [5, 5.41) is 3.76. The van der Waals surface area contributed by atoms with Gasteiger partial charge in [-0.15, -0.1) is 0 Å². The summed E-state index contributed by atoms with van der Waals surface area (Å²) in [6.07, 6.45) is 9.71. The lowest BCUT2D eigenvalue weighted by atomic mass is 9.90. The van der Waals surface area contributed by atoms with E-state index in [1.165, 1.54) is 44.9 Å². The first-order chi connectivity index (χ1) is 6.88. The normalized spacial score (nSPS) is 34.1. The molecule has 82 valence electrons. The monoisotopic (exact) mass is 197 g/mol. The molecular formula is C12H23NO. The summed E-state index contributed by atoms with van der Waals surface area (Å²) >= 11 is 0. The molecule has 0 amide bonds. The Balaban J connectivity index is 1.69. The van der Waals surface area contributed by atoms with Crippen LogP contribution in [0.4, 0.5) is 0 Å². The van der Waals surface area contributed by atoms with Gasteiger partial charge in [0.05, 0.1) is 6.10 Å². The second kappa shape index (κ2) is 5.13. The van der Waals surface area contributed by atoms with E-state index < -0.39 is 0 Å². The molecule has 1 saturated carbocycles. The summed E-state index contributed by atoms with van der Waals surface area (Å²) in [5.41, 5.74) is 0. The van der Waals surface area contributed by atoms with Crippen molar-refractivity contribution in [2.75, 3.05) is 6.61 Å². The van der Waals surface area contributed by atoms with Gasteiger partial charge in [0.2, 0.25) is 0 Å². The smallest absolute Gasteiger partial charge is 0.0589 e. The third-order valence-electron chi connectivity index (χ3n) is 3.55. The van der Waals surface area contributed by atoms with Gasteiger partial charge in [0, 0.05) is 18.7 Å². The number of rotatable bonds is 4. The molecule has 0 aromatic heterocycles. The van der Waals surface area contributed by atoms with Crippen molar-refractivity contribution in [3.63, 3.8) is 0 Å². The average molecular weight is 197 g/mol. The second-order valence-electron chi connectivity index (χ2n) is 4.80. The van der Waals surface area contributed by atoms with E-state index in [1.807, 2.05) is 0 Å². The van der Waals surface area contributed by atoms with Gasteiger partial charge in [-0.3, -0.25) is 0 Å². The summed E-state index contributed by atoms with van der Waals surface area (Å²) < 4.78 is 5.74. The fourth-order valence-electron chi connectivity index (χ4n) is 2.46. The summed E-state index contributed by atoms with van der Waals surface area (Å²) in [4.78, 5) is 0. The Bertz CT molecular complexity index is 166. The first-order valence-electron chi connectivity index (χ1n) is 6.26. The Kier molecular flexibility index (Phi) is 3.82. The molecule has 0 bridgehead atoms. The number of ether oxygens (including phenoxy) is 1. The molecule has 1 N–H and O–H groups in total. The lowest BCUT2D eigenvalue weighted by molar-refractivity contribution is -0.00674. The Hall–Kier alpha value is -0.0800. The Morgan fingerprint density at radius 1 is 1.21 bits per heavy atom. The highest BCUT2D eigenvalue weighted by atomic mass is 16.5. The van der Waals surface area contributed by atoms with Crippen LogP contribution in [-0.2, 0) is 4.74 Å². The van der Waals surface area contributed by atoms with Crippen LogP contribution in [0.1, 0.15) is 51.9 Å². The Morgan fingerprint density at radius 2 is 2.07 bits per heavy atom. The fourth-order valence-corrected chi connectivity index (χ4v) is 2.46. The summed E-state index contributed by atoms with van der Waals surface area (Å²) in [6, 6.07) is 1.57. The van der Waals surface area contributed by atoms with Crippen molar-refractivity contribution >= 4 is 0 Å². The van der Waals surface area contributed by atoms with Crippen molar-refractivity contribution in [3.05, 3.63) is 0 Å². The molecule has 0 spiro atoms. The van der Waals surface area contributed by atoms with Gasteiger partial charge in [-0.25, -0.2) is 0 Å². The van der Waals surface area contributed by atoms with Crippen LogP contribution in [0.25, 0.3) is 0 Å². The van der Waals surface area contributed by atoms with E-state index in [-0.39, 0.29) is 0 Å². The van der Waals surface area contributed by atoms with Gasteiger partial charge >= 0.3 is 0 Å².